The van der Waals surface area contributed by atoms with Gasteiger partial charge in [0.15, 0.2) is 0 Å². The van der Waals surface area contributed by atoms with E-state index < -0.39 is 0 Å². The third-order valence-electron chi connectivity index (χ3n) is 2.17. The SMILES string of the molecule is NC1=C2CCCC=C2SC1N. The van der Waals surface area contributed by atoms with Gasteiger partial charge in [-0.2, -0.15) is 0 Å². The molecule has 0 radical (unpaired) electrons. The average molecular weight is 168 g/mol. The largest absolute Gasteiger partial charge is 0.400 e. The summed E-state index contributed by atoms with van der Waals surface area (Å²) in [6, 6.07) is 0. The first-order chi connectivity index (χ1) is 5.29. The minimum Gasteiger partial charge on any atom is -0.400 e. The highest BCUT2D eigenvalue weighted by molar-refractivity contribution is 8.04. The lowest BCUT2D eigenvalue weighted by Gasteiger charge is -2.09. The van der Waals surface area contributed by atoms with Crippen LogP contribution >= 0.6 is 11.8 Å². The van der Waals surface area contributed by atoms with Crippen molar-refractivity contribution in [2.24, 2.45) is 11.5 Å². The lowest BCUT2D eigenvalue weighted by molar-refractivity contribution is 0.805. The van der Waals surface area contributed by atoms with Crippen molar-refractivity contribution in [3.05, 3.63) is 22.3 Å². The van der Waals surface area contributed by atoms with Gasteiger partial charge in [0.2, 0.25) is 0 Å². The number of hydrogen-bond acceptors (Lipinski definition) is 3. The monoisotopic (exact) mass is 168 g/mol. The number of rotatable bonds is 0. The molecule has 1 atom stereocenters. The van der Waals surface area contributed by atoms with Gasteiger partial charge in [0.1, 0.15) is 0 Å². The number of thioether (sulfide) groups is 1. The first-order valence-corrected chi connectivity index (χ1v) is 4.78. The second kappa shape index (κ2) is 2.57. The molecule has 0 spiro atoms. The summed E-state index contributed by atoms with van der Waals surface area (Å²) < 4.78 is 0. The summed E-state index contributed by atoms with van der Waals surface area (Å²) in [7, 11) is 0. The highest BCUT2D eigenvalue weighted by Crippen LogP contribution is 2.42. The van der Waals surface area contributed by atoms with E-state index in [9.17, 15) is 0 Å². The minimum atomic E-state index is 0.0225. The molecule has 0 aromatic carbocycles. The van der Waals surface area contributed by atoms with Crippen LogP contribution in [0, 0.1) is 0 Å². The van der Waals surface area contributed by atoms with E-state index in [0.29, 0.717) is 0 Å². The fraction of sp³-hybridized carbons (Fsp3) is 0.500. The quantitative estimate of drug-likeness (QED) is 0.573. The van der Waals surface area contributed by atoms with Crippen LogP contribution in [0.5, 0.6) is 0 Å². The van der Waals surface area contributed by atoms with Crippen molar-refractivity contribution < 1.29 is 0 Å². The van der Waals surface area contributed by atoms with Crippen molar-refractivity contribution in [2.75, 3.05) is 0 Å². The van der Waals surface area contributed by atoms with E-state index in [2.05, 4.69) is 6.08 Å². The fourth-order valence-electron chi connectivity index (χ4n) is 1.54. The Morgan fingerprint density at radius 1 is 1.55 bits per heavy atom. The molecule has 0 aromatic heterocycles. The molecule has 1 aliphatic carbocycles. The first-order valence-electron chi connectivity index (χ1n) is 3.90. The molecule has 11 heavy (non-hydrogen) atoms. The Hall–Kier alpha value is -0.410. The maximum atomic E-state index is 5.83. The van der Waals surface area contributed by atoms with Crippen LogP contribution in [0.15, 0.2) is 22.3 Å². The van der Waals surface area contributed by atoms with Crippen LogP contribution < -0.4 is 11.5 Å². The molecule has 60 valence electrons. The molecule has 1 unspecified atom stereocenters. The molecule has 2 rings (SSSR count). The van der Waals surface area contributed by atoms with Crippen LogP contribution in [0.2, 0.25) is 0 Å². The lowest BCUT2D eigenvalue weighted by Crippen LogP contribution is -2.20. The van der Waals surface area contributed by atoms with E-state index in [0.717, 1.165) is 12.1 Å². The molecular weight excluding hydrogens is 156 g/mol. The topological polar surface area (TPSA) is 52.0 Å². The van der Waals surface area contributed by atoms with E-state index in [1.165, 1.54) is 23.3 Å². The van der Waals surface area contributed by atoms with Crippen molar-refractivity contribution in [2.45, 2.75) is 24.6 Å². The van der Waals surface area contributed by atoms with Crippen molar-refractivity contribution in [3.8, 4) is 0 Å². The second-order valence-electron chi connectivity index (χ2n) is 2.93. The predicted octanol–water partition coefficient (Wildman–Crippen LogP) is 1.30. The Morgan fingerprint density at radius 2 is 2.36 bits per heavy atom. The number of allylic oxidation sites excluding steroid dienone is 2. The summed E-state index contributed by atoms with van der Waals surface area (Å²) in [6.07, 6.45) is 5.79. The number of nitrogens with two attached hydrogens (primary N) is 2. The first kappa shape index (κ1) is 7.25. The normalized spacial score (nSPS) is 30.3. The maximum Gasteiger partial charge on any atom is 0.0959 e. The van der Waals surface area contributed by atoms with Gasteiger partial charge in [-0.3, -0.25) is 0 Å². The van der Waals surface area contributed by atoms with Gasteiger partial charge in [-0.1, -0.05) is 6.08 Å². The molecule has 4 N–H and O–H groups in total. The highest BCUT2D eigenvalue weighted by atomic mass is 32.2. The molecule has 0 aromatic rings. The zero-order chi connectivity index (χ0) is 7.84. The average Bonchev–Trinajstić information content (AvgIpc) is 2.30. The van der Waals surface area contributed by atoms with E-state index >= 15 is 0 Å². The maximum absolute atomic E-state index is 5.83. The van der Waals surface area contributed by atoms with Gasteiger partial charge in [-0.15, -0.1) is 11.8 Å². The smallest absolute Gasteiger partial charge is 0.0959 e. The Morgan fingerprint density at radius 3 is 3.09 bits per heavy atom. The zero-order valence-corrected chi connectivity index (χ0v) is 7.16. The summed E-state index contributed by atoms with van der Waals surface area (Å²) in [4.78, 5) is 1.33. The Kier molecular flexibility index (Phi) is 1.69. The van der Waals surface area contributed by atoms with E-state index in [4.69, 9.17) is 11.5 Å². The van der Waals surface area contributed by atoms with Crippen molar-refractivity contribution in [3.63, 3.8) is 0 Å². The molecule has 2 aliphatic rings. The summed E-state index contributed by atoms with van der Waals surface area (Å²) >= 11 is 1.70. The predicted molar refractivity (Wildman–Crippen MR) is 48.7 cm³/mol. The highest BCUT2D eigenvalue weighted by Gasteiger charge is 2.26. The zero-order valence-electron chi connectivity index (χ0n) is 6.34. The molecule has 0 fully saturated rings. The molecule has 3 heteroatoms. The fourth-order valence-corrected chi connectivity index (χ4v) is 2.66. The second-order valence-corrected chi connectivity index (χ2v) is 4.12. The van der Waals surface area contributed by atoms with Gasteiger partial charge < -0.3 is 11.5 Å². The Bertz CT molecular complexity index is 242. The van der Waals surface area contributed by atoms with Crippen LogP contribution in [0.1, 0.15) is 19.3 Å². The van der Waals surface area contributed by atoms with Gasteiger partial charge in [0.05, 0.1) is 5.37 Å². The van der Waals surface area contributed by atoms with Gasteiger partial charge in [-0.05, 0) is 24.8 Å². The van der Waals surface area contributed by atoms with Crippen molar-refractivity contribution >= 4 is 11.8 Å². The number of hydrogen-bond donors (Lipinski definition) is 2. The van der Waals surface area contributed by atoms with E-state index in [1.54, 1.807) is 11.8 Å². The van der Waals surface area contributed by atoms with Gasteiger partial charge in [0.25, 0.3) is 0 Å². The third kappa shape index (κ3) is 1.08. The molecule has 0 saturated heterocycles. The molecule has 0 bridgehead atoms. The Labute approximate surface area is 70.7 Å². The lowest BCUT2D eigenvalue weighted by atomic mass is 10.0. The molecule has 1 heterocycles. The van der Waals surface area contributed by atoms with Gasteiger partial charge >= 0.3 is 0 Å². The summed E-state index contributed by atoms with van der Waals surface area (Å²) in [5, 5.41) is 0.0225. The standard InChI is InChI=1S/C8H12N2S/c9-7-5-3-1-2-4-6(5)11-8(7)10/h4,8H,1-3,9-10H2. The van der Waals surface area contributed by atoms with Gasteiger partial charge in [-0.25, -0.2) is 0 Å². The van der Waals surface area contributed by atoms with Crippen LogP contribution in [-0.2, 0) is 0 Å². The van der Waals surface area contributed by atoms with Crippen molar-refractivity contribution in [1.29, 1.82) is 0 Å². The molecule has 2 nitrogen and oxygen atoms in total. The van der Waals surface area contributed by atoms with Crippen LogP contribution in [0.25, 0.3) is 0 Å². The van der Waals surface area contributed by atoms with Crippen LogP contribution in [-0.4, -0.2) is 5.37 Å². The summed E-state index contributed by atoms with van der Waals surface area (Å²) in [5.41, 5.74) is 13.8. The molecular formula is C8H12N2S. The van der Waals surface area contributed by atoms with Crippen LogP contribution in [0.4, 0.5) is 0 Å². The van der Waals surface area contributed by atoms with Crippen molar-refractivity contribution in [1.82, 2.24) is 0 Å². The number of fused-ring (bicyclic) bond motifs is 1. The summed E-state index contributed by atoms with van der Waals surface area (Å²) in [6.45, 7) is 0. The van der Waals surface area contributed by atoms with E-state index in [1.807, 2.05) is 0 Å². The Balaban J connectivity index is 2.38. The van der Waals surface area contributed by atoms with Crippen LogP contribution in [0.3, 0.4) is 0 Å². The summed E-state index contributed by atoms with van der Waals surface area (Å²) in [5.74, 6) is 0. The van der Waals surface area contributed by atoms with Gasteiger partial charge in [0, 0.05) is 10.6 Å². The minimum absolute atomic E-state index is 0.0225. The van der Waals surface area contributed by atoms with E-state index in [-0.39, 0.29) is 5.37 Å². The molecule has 0 saturated carbocycles. The molecule has 0 amide bonds. The molecule has 1 aliphatic heterocycles. The third-order valence-corrected chi connectivity index (χ3v) is 3.34.